The zero-order valence-electron chi connectivity index (χ0n) is 18.3. The summed E-state index contributed by atoms with van der Waals surface area (Å²) in [4.78, 5) is 25.4. The molecule has 0 fully saturated rings. The molecule has 0 unspecified atom stereocenters. The fourth-order valence-electron chi connectivity index (χ4n) is 3.48. The molecule has 2 N–H and O–H groups in total. The number of rotatable bonds is 6. The van der Waals surface area contributed by atoms with Crippen LogP contribution in [0.5, 0.6) is 0 Å². The maximum absolute atomic E-state index is 13.2. The lowest BCUT2D eigenvalue weighted by molar-refractivity contribution is 0.102. The number of aryl methyl sites for hydroxylation is 1. The van der Waals surface area contributed by atoms with E-state index in [9.17, 15) is 13.2 Å². The SMILES string of the molecule is Cc1noc2nc(-c3ccccc3)cc(C(=O)Nc3ccc(S(=O)(=O)Nc4ncccn4)cc3)c12. The standard InChI is InChI=1S/C24H18N6O4S/c1-15-21-19(14-20(28-23(21)34-29-15)16-6-3-2-4-7-16)22(31)27-17-8-10-18(11-9-17)35(32,33)30-24-25-12-5-13-26-24/h2-14H,1H3,(H,27,31)(H,25,26,30). The number of aromatic nitrogens is 4. The molecule has 0 saturated carbocycles. The molecule has 5 aromatic rings. The van der Waals surface area contributed by atoms with Crippen molar-refractivity contribution in [1.82, 2.24) is 20.1 Å². The van der Waals surface area contributed by atoms with Crippen molar-refractivity contribution < 1.29 is 17.7 Å². The number of amides is 1. The van der Waals surface area contributed by atoms with E-state index in [1.165, 1.54) is 36.7 Å². The predicted octanol–water partition coefficient (Wildman–Crippen LogP) is 4.04. The third-order valence-electron chi connectivity index (χ3n) is 5.15. The van der Waals surface area contributed by atoms with Crippen LogP contribution < -0.4 is 10.0 Å². The van der Waals surface area contributed by atoms with Crippen LogP contribution in [-0.2, 0) is 10.0 Å². The van der Waals surface area contributed by atoms with Gasteiger partial charge in [-0.05, 0) is 43.3 Å². The van der Waals surface area contributed by atoms with Gasteiger partial charge in [0.15, 0.2) is 0 Å². The van der Waals surface area contributed by atoms with Gasteiger partial charge in [0, 0.05) is 23.6 Å². The summed E-state index contributed by atoms with van der Waals surface area (Å²) in [5.74, 6) is -0.447. The van der Waals surface area contributed by atoms with Crippen LogP contribution in [-0.4, -0.2) is 34.4 Å². The van der Waals surface area contributed by atoms with Crippen LogP contribution in [0, 0.1) is 6.92 Å². The highest BCUT2D eigenvalue weighted by molar-refractivity contribution is 7.92. The molecule has 0 spiro atoms. The Morgan fingerprint density at radius 3 is 2.37 bits per heavy atom. The van der Waals surface area contributed by atoms with E-state index in [1.54, 1.807) is 19.1 Å². The monoisotopic (exact) mass is 486 g/mol. The Balaban J connectivity index is 1.42. The first-order valence-corrected chi connectivity index (χ1v) is 11.9. The van der Waals surface area contributed by atoms with E-state index in [0.717, 1.165) is 5.56 Å². The first-order valence-electron chi connectivity index (χ1n) is 10.4. The number of carbonyl (C=O) groups excluding carboxylic acids is 1. The number of nitrogens with zero attached hydrogens (tertiary/aromatic N) is 4. The summed E-state index contributed by atoms with van der Waals surface area (Å²) in [7, 11) is -3.89. The van der Waals surface area contributed by atoms with Gasteiger partial charge in [-0.1, -0.05) is 35.5 Å². The molecule has 174 valence electrons. The fraction of sp³-hybridized carbons (Fsp3) is 0.0417. The molecule has 0 aliphatic rings. The van der Waals surface area contributed by atoms with E-state index >= 15 is 0 Å². The molecule has 3 aromatic heterocycles. The zero-order chi connectivity index (χ0) is 24.4. The molecule has 10 nitrogen and oxygen atoms in total. The minimum absolute atomic E-state index is 0.00417. The molecule has 0 aliphatic heterocycles. The van der Waals surface area contributed by atoms with Crippen LogP contribution >= 0.6 is 0 Å². The van der Waals surface area contributed by atoms with Crippen molar-refractivity contribution >= 4 is 38.7 Å². The van der Waals surface area contributed by atoms with Crippen molar-refractivity contribution in [3.63, 3.8) is 0 Å². The molecule has 2 aromatic carbocycles. The van der Waals surface area contributed by atoms with Gasteiger partial charge in [0.2, 0.25) is 5.95 Å². The molecule has 35 heavy (non-hydrogen) atoms. The number of benzene rings is 2. The van der Waals surface area contributed by atoms with Crippen LogP contribution in [0.3, 0.4) is 0 Å². The first-order chi connectivity index (χ1) is 16.9. The van der Waals surface area contributed by atoms with Gasteiger partial charge < -0.3 is 9.84 Å². The Bertz CT molecular complexity index is 1620. The van der Waals surface area contributed by atoms with Crippen molar-refractivity contribution in [2.45, 2.75) is 11.8 Å². The van der Waals surface area contributed by atoms with E-state index < -0.39 is 15.9 Å². The highest BCUT2D eigenvalue weighted by Crippen LogP contribution is 2.28. The third-order valence-corrected chi connectivity index (χ3v) is 6.49. The Morgan fingerprint density at radius 2 is 1.66 bits per heavy atom. The highest BCUT2D eigenvalue weighted by atomic mass is 32.2. The summed E-state index contributed by atoms with van der Waals surface area (Å²) in [5.41, 5.74) is 2.92. The minimum Gasteiger partial charge on any atom is -0.335 e. The first kappa shape index (κ1) is 22.2. The van der Waals surface area contributed by atoms with Crippen LogP contribution in [0.1, 0.15) is 16.1 Å². The smallest absolute Gasteiger partial charge is 0.264 e. The van der Waals surface area contributed by atoms with Crippen LogP contribution in [0.15, 0.2) is 88.5 Å². The number of nitrogens with one attached hydrogen (secondary N) is 2. The molecular formula is C24H18N6O4S. The van der Waals surface area contributed by atoms with Crippen molar-refractivity contribution in [2.75, 3.05) is 10.0 Å². The quantitative estimate of drug-likeness (QED) is 0.366. The van der Waals surface area contributed by atoms with Gasteiger partial charge in [-0.3, -0.25) is 4.79 Å². The Labute approximate surface area is 200 Å². The summed E-state index contributed by atoms with van der Waals surface area (Å²) in [6.45, 7) is 1.73. The van der Waals surface area contributed by atoms with Gasteiger partial charge in [0.25, 0.3) is 21.6 Å². The zero-order valence-corrected chi connectivity index (χ0v) is 19.2. The molecule has 11 heteroatoms. The van der Waals surface area contributed by atoms with Gasteiger partial charge >= 0.3 is 0 Å². The molecule has 1 amide bonds. The van der Waals surface area contributed by atoms with E-state index in [2.05, 4.69) is 30.1 Å². The molecule has 0 saturated heterocycles. The summed E-state index contributed by atoms with van der Waals surface area (Å²) in [6, 6.07) is 18.4. The number of pyridine rings is 1. The second kappa shape index (κ2) is 8.95. The van der Waals surface area contributed by atoms with Gasteiger partial charge in [0.05, 0.1) is 27.2 Å². The molecule has 3 heterocycles. The lowest BCUT2D eigenvalue weighted by Gasteiger charge is -2.10. The summed E-state index contributed by atoms with van der Waals surface area (Å²) in [5, 5.41) is 7.26. The number of fused-ring (bicyclic) bond motifs is 1. The van der Waals surface area contributed by atoms with Gasteiger partial charge in [-0.2, -0.15) is 0 Å². The largest absolute Gasteiger partial charge is 0.335 e. The molecule has 5 rings (SSSR count). The Kier molecular flexibility index (Phi) is 5.67. The third kappa shape index (κ3) is 4.57. The lowest BCUT2D eigenvalue weighted by atomic mass is 10.1. The molecule has 0 radical (unpaired) electrons. The van der Waals surface area contributed by atoms with Crippen LogP contribution in [0.2, 0.25) is 0 Å². The lowest BCUT2D eigenvalue weighted by Crippen LogP contribution is -2.15. The number of hydrogen-bond acceptors (Lipinski definition) is 8. The van der Waals surface area contributed by atoms with Crippen molar-refractivity contribution in [3.8, 4) is 11.3 Å². The minimum atomic E-state index is -3.89. The van der Waals surface area contributed by atoms with Crippen molar-refractivity contribution in [2.24, 2.45) is 0 Å². The maximum atomic E-state index is 13.2. The van der Waals surface area contributed by atoms with Crippen molar-refractivity contribution in [1.29, 1.82) is 0 Å². The molecule has 0 aliphatic carbocycles. The number of anilines is 2. The van der Waals surface area contributed by atoms with E-state index in [1.807, 2.05) is 30.3 Å². The predicted molar refractivity (Wildman–Crippen MR) is 129 cm³/mol. The number of carbonyl (C=O) groups is 1. The summed E-state index contributed by atoms with van der Waals surface area (Å²) in [6.07, 6.45) is 2.86. The Morgan fingerprint density at radius 1 is 0.943 bits per heavy atom. The topological polar surface area (TPSA) is 140 Å². The summed E-state index contributed by atoms with van der Waals surface area (Å²) < 4.78 is 32.8. The van der Waals surface area contributed by atoms with E-state index in [4.69, 9.17) is 4.52 Å². The van der Waals surface area contributed by atoms with Gasteiger partial charge in [0.1, 0.15) is 0 Å². The maximum Gasteiger partial charge on any atom is 0.264 e. The normalized spacial score (nSPS) is 11.3. The van der Waals surface area contributed by atoms with Crippen LogP contribution in [0.25, 0.3) is 22.4 Å². The van der Waals surface area contributed by atoms with Gasteiger partial charge in [-0.15, -0.1) is 0 Å². The van der Waals surface area contributed by atoms with Gasteiger partial charge in [-0.25, -0.2) is 28.1 Å². The summed E-state index contributed by atoms with van der Waals surface area (Å²) >= 11 is 0. The molecule has 0 bridgehead atoms. The van der Waals surface area contributed by atoms with E-state index in [0.29, 0.717) is 28.0 Å². The number of hydrogen-bond donors (Lipinski definition) is 2. The fourth-order valence-corrected chi connectivity index (χ4v) is 4.44. The second-order valence-electron chi connectivity index (χ2n) is 7.53. The van der Waals surface area contributed by atoms with Crippen molar-refractivity contribution in [3.05, 3.63) is 90.4 Å². The highest BCUT2D eigenvalue weighted by Gasteiger charge is 2.20. The number of sulfonamides is 1. The second-order valence-corrected chi connectivity index (χ2v) is 9.21. The Hall–Kier alpha value is -4.64. The molecule has 0 atom stereocenters. The average Bonchev–Trinajstić information content (AvgIpc) is 3.25. The molecular weight excluding hydrogens is 468 g/mol. The average molecular weight is 487 g/mol. The van der Waals surface area contributed by atoms with E-state index in [-0.39, 0.29) is 16.6 Å². The van der Waals surface area contributed by atoms with Crippen LogP contribution in [0.4, 0.5) is 11.6 Å².